The van der Waals surface area contributed by atoms with Crippen molar-refractivity contribution in [2.75, 3.05) is 39.3 Å². The molecule has 156 valence electrons. The molecule has 2 amide bonds. The third-order valence-corrected chi connectivity index (χ3v) is 5.50. The van der Waals surface area contributed by atoms with E-state index in [1.807, 2.05) is 29.3 Å². The van der Waals surface area contributed by atoms with Crippen LogP contribution in [0, 0.1) is 0 Å². The van der Waals surface area contributed by atoms with Gasteiger partial charge in [0, 0.05) is 45.1 Å². The Morgan fingerprint density at radius 1 is 1.14 bits per heavy atom. The summed E-state index contributed by atoms with van der Waals surface area (Å²) in [6, 6.07) is 4.97. The van der Waals surface area contributed by atoms with Crippen LogP contribution in [0.25, 0.3) is 5.65 Å². The molecule has 0 spiro atoms. The van der Waals surface area contributed by atoms with E-state index in [1.165, 1.54) is 0 Å². The zero-order chi connectivity index (χ0) is 20.6. The fraction of sp³-hybridized carbons (Fsp3) is 0.526. The monoisotopic (exact) mass is 409 g/mol. The van der Waals surface area contributed by atoms with Crippen molar-refractivity contribution in [3.05, 3.63) is 36.3 Å². The lowest BCUT2D eigenvalue weighted by Crippen LogP contribution is -2.59. The lowest BCUT2D eigenvalue weighted by atomic mass is 10.0. The van der Waals surface area contributed by atoms with Crippen LogP contribution in [0.3, 0.4) is 0 Å². The Bertz CT molecular complexity index is 872. The quantitative estimate of drug-likeness (QED) is 0.774. The predicted octanol–water partition coefficient (Wildman–Crippen LogP) is 1.65. The molecule has 0 saturated carbocycles. The molecule has 0 aliphatic carbocycles. The number of amides is 2. The van der Waals surface area contributed by atoms with Gasteiger partial charge in [-0.25, -0.2) is 4.98 Å². The Morgan fingerprint density at radius 3 is 2.59 bits per heavy atom. The Morgan fingerprint density at radius 2 is 1.90 bits per heavy atom. The van der Waals surface area contributed by atoms with Gasteiger partial charge in [0.2, 0.25) is 5.91 Å². The largest absolute Gasteiger partial charge is 0.406 e. The first-order chi connectivity index (χ1) is 13.8. The van der Waals surface area contributed by atoms with Gasteiger partial charge in [0.05, 0.1) is 6.04 Å². The molecule has 10 heteroatoms. The molecule has 7 nitrogen and oxygen atoms in total. The lowest BCUT2D eigenvalue weighted by Gasteiger charge is -2.42. The van der Waals surface area contributed by atoms with E-state index in [9.17, 15) is 22.8 Å². The number of aromatic nitrogens is 2. The maximum atomic E-state index is 12.8. The maximum Gasteiger partial charge on any atom is 0.406 e. The van der Waals surface area contributed by atoms with Crippen LogP contribution in [-0.4, -0.2) is 87.4 Å². The van der Waals surface area contributed by atoms with Gasteiger partial charge in [0.1, 0.15) is 17.9 Å². The van der Waals surface area contributed by atoms with E-state index in [1.54, 1.807) is 15.5 Å². The second kappa shape index (κ2) is 7.66. The minimum Gasteiger partial charge on any atom is -0.335 e. The summed E-state index contributed by atoms with van der Waals surface area (Å²) in [4.78, 5) is 34.1. The number of piperidine rings is 1. The minimum absolute atomic E-state index is 0.140. The number of carbonyl (C=O) groups excluding carboxylic acids is 2. The molecule has 2 fully saturated rings. The number of likely N-dealkylation sites (tertiary alicyclic amines) is 1. The molecule has 0 radical (unpaired) electrons. The highest BCUT2D eigenvalue weighted by molar-refractivity contribution is 5.93. The normalized spacial score (nSPS) is 21.8. The third kappa shape index (κ3) is 4.21. The van der Waals surface area contributed by atoms with Crippen LogP contribution < -0.4 is 0 Å². The Labute approximate surface area is 165 Å². The van der Waals surface area contributed by atoms with Crippen LogP contribution in [0.4, 0.5) is 13.2 Å². The minimum atomic E-state index is -4.39. The molecule has 2 aliphatic heterocycles. The van der Waals surface area contributed by atoms with Gasteiger partial charge in [-0.3, -0.25) is 14.5 Å². The number of halogens is 3. The predicted molar refractivity (Wildman–Crippen MR) is 98.3 cm³/mol. The van der Waals surface area contributed by atoms with Gasteiger partial charge in [-0.05, 0) is 25.0 Å². The van der Waals surface area contributed by atoms with Crippen molar-refractivity contribution < 1.29 is 22.8 Å². The van der Waals surface area contributed by atoms with Gasteiger partial charge in [-0.15, -0.1) is 0 Å². The summed E-state index contributed by atoms with van der Waals surface area (Å²) in [5.41, 5.74) is 1.04. The van der Waals surface area contributed by atoms with Gasteiger partial charge in [-0.2, -0.15) is 13.2 Å². The summed E-state index contributed by atoms with van der Waals surface area (Å²) in [7, 11) is 0. The summed E-state index contributed by atoms with van der Waals surface area (Å²) in [6.07, 6.45) is 0.208. The molecule has 2 aliphatic rings. The molecule has 1 atom stereocenters. The van der Waals surface area contributed by atoms with E-state index in [0.717, 1.165) is 4.90 Å². The summed E-state index contributed by atoms with van der Waals surface area (Å²) in [6.45, 7) is 0.673. The second-order valence-electron chi connectivity index (χ2n) is 7.45. The van der Waals surface area contributed by atoms with E-state index < -0.39 is 24.7 Å². The summed E-state index contributed by atoms with van der Waals surface area (Å²) in [5, 5.41) is 0. The number of imidazole rings is 1. The van der Waals surface area contributed by atoms with Crippen molar-refractivity contribution in [2.24, 2.45) is 0 Å². The van der Waals surface area contributed by atoms with Crippen molar-refractivity contribution in [2.45, 2.75) is 25.1 Å². The number of alkyl halides is 3. The number of piperazine rings is 1. The van der Waals surface area contributed by atoms with Gasteiger partial charge in [0.25, 0.3) is 5.91 Å². The number of fused-ring (bicyclic) bond motifs is 1. The van der Waals surface area contributed by atoms with Gasteiger partial charge < -0.3 is 14.2 Å². The van der Waals surface area contributed by atoms with E-state index >= 15 is 0 Å². The Kier molecular flexibility index (Phi) is 5.20. The lowest BCUT2D eigenvalue weighted by molar-refractivity contribution is -0.168. The summed E-state index contributed by atoms with van der Waals surface area (Å²) in [5.74, 6) is -0.643. The summed E-state index contributed by atoms with van der Waals surface area (Å²) >= 11 is 0. The molecule has 0 N–H and O–H groups in total. The van der Waals surface area contributed by atoms with Gasteiger partial charge in [-0.1, -0.05) is 6.07 Å². The molecular formula is C19H22F3N5O2. The average molecular weight is 409 g/mol. The van der Waals surface area contributed by atoms with Crippen LogP contribution in [0.1, 0.15) is 23.3 Å². The molecule has 0 aromatic carbocycles. The average Bonchev–Trinajstić information content (AvgIpc) is 3.12. The number of carbonyl (C=O) groups is 2. The molecule has 29 heavy (non-hydrogen) atoms. The topological polar surface area (TPSA) is 61.2 Å². The van der Waals surface area contributed by atoms with Crippen molar-refractivity contribution in [1.82, 2.24) is 24.1 Å². The zero-order valence-corrected chi connectivity index (χ0v) is 15.8. The standard InChI is InChI=1S/C19H22F3N5O2/c20-19(21,22)13-27-7-3-4-15(18(27)29)24-8-10-25(11-9-24)17(28)14-12-26-6-2-1-5-16(26)23-14/h1-2,5-6,12,15H,3-4,7-11,13H2. The van der Waals surface area contributed by atoms with E-state index in [0.29, 0.717) is 50.4 Å². The van der Waals surface area contributed by atoms with E-state index in [4.69, 9.17) is 0 Å². The van der Waals surface area contributed by atoms with Crippen LogP contribution >= 0.6 is 0 Å². The number of rotatable bonds is 3. The maximum absolute atomic E-state index is 12.8. The zero-order valence-electron chi connectivity index (χ0n) is 15.8. The molecule has 1 unspecified atom stereocenters. The van der Waals surface area contributed by atoms with Crippen molar-refractivity contribution in [3.63, 3.8) is 0 Å². The molecule has 2 saturated heterocycles. The second-order valence-corrected chi connectivity index (χ2v) is 7.45. The van der Waals surface area contributed by atoms with Crippen LogP contribution in [0.15, 0.2) is 30.6 Å². The van der Waals surface area contributed by atoms with E-state index in [-0.39, 0.29) is 12.5 Å². The molecule has 4 rings (SSSR count). The van der Waals surface area contributed by atoms with Crippen molar-refractivity contribution >= 4 is 17.5 Å². The van der Waals surface area contributed by atoms with Crippen LogP contribution in [0.5, 0.6) is 0 Å². The smallest absolute Gasteiger partial charge is 0.335 e. The van der Waals surface area contributed by atoms with Crippen molar-refractivity contribution in [3.8, 4) is 0 Å². The van der Waals surface area contributed by atoms with Gasteiger partial charge >= 0.3 is 6.18 Å². The van der Waals surface area contributed by atoms with Crippen LogP contribution in [0.2, 0.25) is 0 Å². The Hall–Kier alpha value is -2.62. The first kappa shape index (κ1) is 19.7. The highest BCUT2D eigenvalue weighted by atomic mass is 19.4. The highest BCUT2D eigenvalue weighted by Crippen LogP contribution is 2.24. The number of pyridine rings is 1. The fourth-order valence-electron chi connectivity index (χ4n) is 4.07. The highest BCUT2D eigenvalue weighted by Gasteiger charge is 2.40. The molecular weight excluding hydrogens is 387 g/mol. The van der Waals surface area contributed by atoms with Gasteiger partial charge in [0.15, 0.2) is 0 Å². The fourth-order valence-corrected chi connectivity index (χ4v) is 4.07. The molecule has 2 aromatic rings. The number of hydrogen-bond acceptors (Lipinski definition) is 4. The molecule has 4 heterocycles. The third-order valence-electron chi connectivity index (χ3n) is 5.50. The van der Waals surface area contributed by atoms with Crippen LogP contribution in [-0.2, 0) is 4.79 Å². The van der Waals surface area contributed by atoms with E-state index in [2.05, 4.69) is 4.98 Å². The Balaban J connectivity index is 1.37. The summed E-state index contributed by atoms with van der Waals surface area (Å²) < 4.78 is 39.9. The SMILES string of the molecule is O=C(c1cn2ccccc2n1)N1CCN(C2CCCN(CC(F)(F)F)C2=O)CC1. The number of nitrogens with zero attached hydrogens (tertiary/aromatic N) is 5. The number of hydrogen-bond donors (Lipinski definition) is 0. The molecule has 2 aromatic heterocycles. The molecule has 0 bridgehead atoms. The van der Waals surface area contributed by atoms with Crippen molar-refractivity contribution in [1.29, 1.82) is 0 Å². The first-order valence-electron chi connectivity index (χ1n) is 9.64. The first-order valence-corrected chi connectivity index (χ1v) is 9.64.